The smallest absolute Gasteiger partial charge is 0.123 e. The Hall–Kier alpha value is -3.18. The molecule has 0 saturated heterocycles. The van der Waals surface area contributed by atoms with Gasteiger partial charge < -0.3 is 0 Å². The van der Waals surface area contributed by atoms with Crippen LogP contribution in [0.25, 0.3) is 32.7 Å². The second-order valence-electron chi connectivity index (χ2n) is 5.52. The van der Waals surface area contributed by atoms with Crippen molar-refractivity contribution in [2.24, 2.45) is 0 Å². The lowest BCUT2D eigenvalue weighted by Crippen LogP contribution is -1.85. The van der Waals surface area contributed by atoms with Crippen LogP contribution in [-0.4, -0.2) is 0 Å². The monoisotopic (exact) mass is 297 g/mol. The van der Waals surface area contributed by atoms with Crippen LogP contribution in [0.5, 0.6) is 0 Å². The molecular formula is C21H12FN. The van der Waals surface area contributed by atoms with E-state index in [-0.39, 0.29) is 5.82 Å². The Morgan fingerprint density at radius 1 is 0.696 bits per heavy atom. The van der Waals surface area contributed by atoms with E-state index in [1.54, 1.807) is 6.07 Å². The van der Waals surface area contributed by atoms with Crippen LogP contribution in [0.15, 0.2) is 72.8 Å². The van der Waals surface area contributed by atoms with Gasteiger partial charge in [0.15, 0.2) is 0 Å². The van der Waals surface area contributed by atoms with Gasteiger partial charge in [0.05, 0.1) is 11.6 Å². The molecule has 0 aliphatic carbocycles. The van der Waals surface area contributed by atoms with E-state index >= 15 is 0 Å². The minimum atomic E-state index is -0.230. The van der Waals surface area contributed by atoms with Crippen LogP contribution in [0.3, 0.4) is 0 Å². The molecule has 0 heterocycles. The highest BCUT2D eigenvalue weighted by Crippen LogP contribution is 2.34. The maximum atomic E-state index is 13.5. The molecule has 0 N–H and O–H groups in total. The summed E-state index contributed by atoms with van der Waals surface area (Å²) in [5, 5.41) is 13.1. The average molecular weight is 297 g/mol. The molecule has 0 aliphatic heterocycles. The normalized spacial score (nSPS) is 10.8. The topological polar surface area (TPSA) is 23.8 Å². The fourth-order valence-electron chi connectivity index (χ4n) is 3.08. The minimum Gasteiger partial charge on any atom is -0.207 e. The van der Waals surface area contributed by atoms with E-state index < -0.39 is 0 Å². The Labute approximate surface area is 133 Å². The lowest BCUT2D eigenvalue weighted by atomic mass is 9.93. The summed E-state index contributed by atoms with van der Waals surface area (Å²) in [6.07, 6.45) is 0. The van der Waals surface area contributed by atoms with Crippen LogP contribution in [0.2, 0.25) is 0 Å². The first-order chi connectivity index (χ1) is 11.3. The third-order valence-corrected chi connectivity index (χ3v) is 4.14. The van der Waals surface area contributed by atoms with Crippen LogP contribution in [0.4, 0.5) is 4.39 Å². The number of hydrogen-bond acceptors (Lipinski definition) is 1. The summed E-state index contributed by atoms with van der Waals surface area (Å²) in [5.74, 6) is -0.230. The molecule has 23 heavy (non-hydrogen) atoms. The summed E-state index contributed by atoms with van der Waals surface area (Å²) < 4.78 is 13.5. The Bertz CT molecular complexity index is 1090. The van der Waals surface area contributed by atoms with Crippen molar-refractivity contribution in [1.29, 1.82) is 5.26 Å². The van der Waals surface area contributed by atoms with Crippen LogP contribution in [0.1, 0.15) is 5.56 Å². The van der Waals surface area contributed by atoms with Gasteiger partial charge in [0, 0.05) is 0 Å². The van der Waals surface area contributed by atoms with E-state index in [0.29, 0.717) is 5.56 Å². The first-order valence-corrected chi connectivity index (χ1v) is 7.38. The van der Waals surface area contributed by atoms with Gasteiger partial charge in [0.2, 0.25) is 0 Å². The highest BCUT2D eigenvalue weighted by atomic mass is 19.1. The zero-order chi connectivity index (χ0) is 15.8. The van der Waals surface area contributed by atoms with Crippen molar-refractivity contribution in [1.82, 2.24) is 0 Å². The van der Waals surface area contributed by atoms with Crippen molar-refractivity contribution in [2.45, 2.75) is 0 Å². The van der Waals surface area contributed by atoms with Crippen LogP contribution in [-0.2, 0) is 0 Å². The third-order valence-electron chi connectivity index (χ3n) is 4.14. The van der Waals surface area contributed by atoms with Crippen molar-refractivity contribution in [3.8, 4) is 17.2 Å². The number of rotatable bonds is 1. The van der Waals surface area contributed by atoms with Gasteiger partial charge >= 0.3 is 0 Å². The predicted molar refractivity (Wildman–Crippen MR) is 91.6 cm³/mol. The summed E-state index contributed by atoms with van der Waals surface area (Å²) in [5.41, 5.74) is 2.80. The van der Waals surface area contributed by atoms with E-state index in [2.05, 4.69) is 12.1 Å². The molecule has 2 heteroatoms. The minimum absolute atomic E-state index is 0.230. The quantitative estimate of drug-likeness (QED) is 0.444. The first-order valence-electron chi connectivity index (χ1n) is 7.38. The lowest BCUT2D eigenvalue weighted by Gasteiger charge is -2.10. The molecule has 0 fully saturated rings. The molecule has 0 spiro atoms. The molecule has 0 atom stereocenters. The zero-order valence-electron chi connectivity index (χ0n) is 12.3. The molecule has 0 aromatic heterocycles. The average Bonchev–Trinajstić information content (AvgIpc) is 2.60. The molecule has 0 unspecified atom stereocenters. The SMILES string of the molecule is N#Cc1ccc2c(-c3cccc4cc(F)ccc34)cccc2c1. The van der Waals surface area contributed by atoms with E-state index in [0.717, 1.165) is 32.7 Å². The van der Waals surface area contributed by atoms with Crippen LogP contribution >= 0.6 is 0 Å². The number of fused-ring (bicyclic) bond motifs is 2. The highest BCUT2D eigenvalue weighted by molar-refractivity contribution is 6.05. The Kier molecular flexibility index (Phi) is 3.06. The van der Waals surface area contributed by atoms with E-state index in [4.69, 9.17) is 5.26 Å². The maximum absolute atomic E-state index is 13.5. The molecule has 0 radical (unpaired) electrons. The zero-order valence-corrected chi connectivity index (χ0v) is 12.3. The second kappa shape index (κ2) is 5.23. The van der Waals surface area contributed by atoms with Gasteiger partial charge in [0.1, 0.15) is 5.82 Å². The Balaban J connectivity index is 2.05. The standard InChI is InChI=1S/C21H12FN/c22-17-8-10-19-16(12-17)4-2-6-21(19)20-5-1-3-15-11-14(13-23)7-9-18(15)20/h1-12H. The van der Waals surface area contributed by atoms with Gasteiger partial charge in [-0.15, -0.1) is 0 Å². The van der Waals surface area contributed by atoms with Gasteiger partial charge in [-0.1, -0.05) is 48.5 Å². The molecule has 0 aliphatic rings. The lowest BCUT2D eigenvalue weighted by molar-refractivity contribution is 0.630. The predicted octanol–water partition coefficient (Wildman–Crippen LogP) is 5.67. The van der Waals surface area contributed by atoms with E-state index in [1.165, 1.54) is 6.07 Å². The number of nitriles is 1. The summed E-state index contributed by atoms with van der Waals surface area (Å²) in [6, 6.07) is 24.7. The van der Waals surface area contributed by atoms with Gasteiger partial charge in [-0.2, -0.15) is 5.26 Å². The van der Waals surface area contributed by atoms with Gasteiger partial charge in [-0.05, 0) is 56.9 Å². The summed E-state index contributed by atoms with van der Waals surface area (Å²) >= 11 is 0. The van der Waals surface area contributed by atoms with Crippen molar-refractivity contribution in [2.75, 3.05) is 0 Å². The van der Waals surface area contributed by atoms with E-state index in [9.17, 15) is 4.39 Å². The summed E-state index contributed by atoms with van der Waals surface area (Å²) in [4.78, 5) is 0. The summed E-state index contributed by atoms with van der Waals surface area (Å²) in [7, 11) is 0. The fourth-order valence-corrected chi connectivity index (χ4v) is 3.08. The van der Waals surface area contributed by atoms with Crippen LogP contribution < -0.4 is 0 Å². The molecule has 4 aromatic carbocycles. The van der Waals surface area contributed by atoms with Gasteiger partial charge in [0.25, 0.3) is 0 Å². The Morgan fingerprint density at radius 3 is 1.96 bits per heavy atom. The van der Waals surface area contributed by atoms with Crippen molar-refractivity contribution < 1.29 is 4.39 Å². The molecule has 0 saturated carbocycles. The van der Waals surface area contributed by atoms with Crippen molar-refractivity contribution in [3.05, 3.63) is 84.2 Å². The molecule has 0 bridgehead atoms. The largest absolute Gasteiger partial charge is 0.207 e. The molecular weight excluding hydrogens is 285 g/mol. The molecule has 0 amide bonds. The molecule has 4 rings (SSSR count). The third kappa shape index (κ3) is 2.23. The first kappa shape index (κ1) is 13.5. The number of benzene rings is 4. The number of halogens is 1. The number of hydrogen-bond donors (Lipinski definition) is 0. The maximum Gasteiger partial charge on any atom is 0.123 e. The van der Waals surface area contributed by atoms with Crippen LogP contribution in [0, 0.1) is 17.1 Å². The van der Waals surface area contributed by atoms with Crippen molar-refractivity contribution in [3.63, 3.8) is 0 Å². The highest BCUT2D eigenvalue weighted by Gasteiger charge is 2.08. The molecule has 108 valence electrons. The second-order valence-corrected chi connectivity index (χ2v) is 5.52. The number of nitrogens with zero attached hydrogens (tertiary/aromatic N) is 1. The summed E-state index contributed by atoms with van der Waals surface area (Å²) in [6.45, 7) is 0. The fraction of sp³-hybridized carbons (Fsp3) is 0. The van der Waals surface area contributed by atoms with Gasteiger partial charge in [-0.3, -0.25) is 0 Å². The Morgan fingerprint density at radius 2 is 1.30 bits per heavy atom. The molecule has 1 nitrogen and oxygen atoms in total. The van der Waals surface area contributed by atoms with E-state index in [1.807, 2.05) is 54.6 Å². The van der Waals surface area contributed by atoms with Gasteiger partial charge in [-0.25, -0.2) is 4.39 Å². The molecule has 4 aromatic rings. The van der Waals surface area contributed by atoms with Crippen molar-refractivity contribution >= 4 is 21.5 Å².